The first-order valence-electron chi connectivity index (χ1n) is 8.54. The van der Waals surface area contributed by atoms with Gasteiger partial charge in [0.05, 0.1) is 0 Å². The Morgan fingerprint density at radius 2 is 1.46 bits per heavy atom. The monoisotopic (exact) mass is 338 g/mol. The Morgan fingerprint density at radius 3 is 2.31 bits per heavy atom. The molecule has 0 amide bonds. The van der Waals surface area contributed by atoms with E-state index in [1.165, 1.54) is 16.3 Å². The molecule has 26 heavy (non-hydrogen) atoms. The van der Waals surface area contributed by atoms with Crippen LogP contribution in [0.3, 0.4) is 0 Å². The van der Waals surface area contributed by atoms with E-state index in [-0.39, 0.29) is 0 Å². The van der Waals surface area contributed by atoms with Gasteiger partial charge in [-0.25, -0.2) is 0 Å². The predicted molar refractivity (Wildman–Crippen MR) is 105 cm³/mol. The molecule has 1 N–H and O–H groups in total. The van der Waals surface area contributed by atoms with Crippen LogP contribution in [0, 0.1) is 0 Å². The first-order chi connectivity index (χ1) is 12.9. The zero-order valence-corrected chi connectivity index (χ0v) is 14.2. The molecule has 0 fully saturated rings. The van der Waals surface area contributed by atoms with Crippen LogP contribution in [0.4, 0.5) is 0 Å². The van der Waals surface area contributed by atoms with E-state index in [0.717, 1.165) is 23.1 Å². The van der Waals surface area contributed by atoms with Crippen LogP contribution in [0.5, 0.6) is 0 Å². The van der Waals surface area contributed by atoms with Crippen molar-refractivity contribution in [1.29, 1.82) is 0 Å². The summed E-state index contributed by atoms with van der Waals surface area (Å²) in [5.41, 5.74) is 4.70. The maximum absolute atomic E-state index is 9.66. The van der Waals surface area contributed by atoms with Gasteiger partial charge in [-0.1, -0.05) is 71.9 Å². The highest BCUT2D eigenvalue weighted by atomic mass is 16.4. The smallest absolute Gasteiger partial charge is 0.117 e. The fraction of sp³-hybridized carbons (Fsp3) is 0.0435. The maximum Gasteiger partial charge on any atom is 0.117 e. The normalized spacial score (nSPS) is 11.6. The van der Waals surface area contributed by atoms with Crippen LogP contribution in [0.1, 0.15) is 22.3 Å². The molecule has 4 aromatic rings. The fourth-order valence-corrected chi connectivity index (χ4v) is 3.33. The molecule has 1 heterocycles. The number of oxime groups is 1. The number of hydrogen-bond donors (Lipinski definition) is 1. The SMILES string of the molecule is ON=C(c1ccncc1)c1ccccc1Cc1cccc2ccccc12. The number of pyridine rings is 1. The Morgan fingerprint density at radius 1 is 0.769 bits per heavy atom. The van der Waals surface area contributed by atoms with Crippen molar-refractivity contribution in [3.05, 3.63) is 114 Å². The molecule has 4 rings (SSSR count). The van der Waals surface area contributed by atoms with Crippen molar-refractivity contribution in [1.82, 2.24) is 4.98 Å². The minimum atomic E-state index is 0.559. The molecule has 3 heteroatoms. The topological polar surface area (TPSA) is 45.5 Å². The third-order valence-electron chi connectivity index (χ3n) is 4.59. The van der Waals surface area contributed by atoms with Gasteiger partial charge in [-0.15, -0.1) is 0 Å². The lowest BCUT2D eigenvalue weighted by Gasteiger charge is -2.13. The third kappa shape index (κ3) is 3.07. The lowest BCUT2D eigenvalue weighted by molar-refractivity contribution is 0.319. The Labute approximate surface area is 152 Å². The number of fused-ring (bicyclic) bond motifs is 1. The third-order valence-corrected chi connectivity index (χ3v) is 4.59. The summed E-state index contributed by atoms with van der Waals surface area (Å²) in [7, 11) is 0. The summed E-state index contributed by atoms with van der Waals surface area (Å²) in [4.78, 5) is 4.04. The lowest BCUT2D eigenvalue weighted by atomic mass is 9.92. The van der Waals surface area contributed by atoms with E-state index in [9.17, 15) is 5.21 Å². The van der Waals surface area contributed by atoms with Gasteiger partial charge >= 0.3 is 0 Å². The van der Waals surface area contributed by atoms with Crippen LogP contribution >= 0.6 is 0 Å². The predicted octanol–water partition coefficient (Wildman–Crippen LogP) is 5.05. The minimum Gasteiger partial charge on any atom is -0.410 e. The van der Waals surface area contributed by atoms with Gasteiger partial charge in [-0.2, -0.15) is 0 Å². The van der Waals surface area contributed by atoms with E-state index in [0.29, 0.717) is 5.71 Å². The van der Waals surface area contributed by atoms with Crippen molar-refractivity contribution >= 4 is 16.5 Å². The van der Waals surface area contributed by atoms with E-state index in [1.54, 1.807) is 12.4 Å². The Kier molecular flexibility index (Phi) is 4.44. The molecule has 0 aliphatic carbocycles. The Balaban J connectivity index is 1.79. The van der Waals surface area contributed by atoms with Crippen LogP contribution < -0.4 is 0 Å². The van der Waals surface area contributed by atoms with E-state index in [1.807, 2.05) is 30.3 Å². The fourth-order valence-electron chi connectivity index (χ4n) is 3.33. The zero-order chi connectivity index (χ0) is 17.8. The molecule has 0 saturated carbocycles. The Bertz CT molecular complexity index is 1070. The van der Waals surface area contributed by atoms with Crippen LogP contribution in [-0.2, 0) is 6.42 Å². The number of nitrogens with zero attached hydrogens (tertiary/aromatic N) is 2. The van der Waals surface area contributed by atoms with Crippen molar-refractivity contribution in [3.63, 3.8) is 0 Å². The molecule has 0 atom stereocenters. The number of hydrogen-bond acceptors (Lipinski definition) is 3. The van der Waals surface area contributed by atoms with Gasteiger partial charge in [-0.3, -0.25) is 4.98 Å². The Hall–Kier alpha value is -3.46. The lowest BCUT2D eigenvalue weighted by Crippen LogP contribution is -2.08. The standard InChI is InChI=1S/C23H18N2O/c26-25-23(18-12-14-24-15-13-18)22-11-4-2-7-20(22)16-19-9-5-8-17-6-1-3-10-21(17)19/h1-15,26H,16H2. The second-order valence-corrected chi connectivity index (χ2v) is 6.16. The van der Waals surface area contributed by atoms with Crippen LogP contribution in [-0.4, -0.2) is 15.9 Å². The summed E-state index contributed by atoms with van der Waals surface area (Å²) < 4.78 is 0. The molecule has 0 radical (unpaired) electrons. The maximum atomic E-state index is 9.66. The van der Waals surface area contributed by atoms with Gasteiger partial charge < -0.3 is 5.21 Å². The average molecular weight is 338 g/mol. The average Bonchev–Trinajstić information content (AvgIpc) is 2.71. The largest absolute Gasteiger partial charge is 0.410 e. The molecular formula is C23H18N2O. The van der Waals surface area contributed by atoms with Gasteiger partial charge in [0.2, 0.25) is 0 Å². The van der Waals surface area contributed by atoms with Gasteiger partial charge in [0.15, 0.2) is 0 Å². The molecule has 0 unspecified atom stereocenters. The van der Waals surface area contributed by atoms with Crippen molar-refractivity contribution in [2.45, 2.75) is 6.42 Å². The molecule has 0 saturated heterocycles. The quantitative estimate of drug-likeness (QED) is 0.321. The second-order valence-electron chi connectivity index (χ2n) is 6.16. The highest BCUT2D eigenvalue weighted by Crippen LogP contribution is 2.24. The summed E-state index contributed by atoms with van der Waals surface area (Å²) in [5.74, 6) is 0. The number of aromatic nitrogens is 1. The summed E-state index contributed by atoms with van der Waals surface area (Å²) in [6.45, 7) is 0. The van der Waals surface area contributed by atoms with Gasteiger partial charge in [-0.05, 0) is 40.5 Å². The minimum absolute atomic E-state index is 0.559. The summed E-state index contributed by atoms with van der Waals surface area (Å²) in [6.07, 6.45) is 4.17. The molecule has 0 spiro atoms. The molecule has 1 aromatic heterocycles. The zero-order valence-electron chi connectivity index (χ0n) is 14.2. The van der Waals surface area contributed by atoms with Crippen molar-refractivity contribution < 1.29 is 5.21 Å². The molecule has 0 bridgehead atoms. The van der Waals surface area contributed by atoms with E-state index in [4.69, 9.17) is 0 Å². The summed E-state index contributed by atoms with van der Waals surface area (Å²) in [6, 6.07) is 26.5. The second kappa shape index (κ2) is 7.19. The molecule has 3 aromatic carbocycles. The van der Waals surface area contributed by atoms with Crippen LogP contribution in [0.2, 0.25) is 0 Å². The molecule has 0 aliphatic rings. The van der Waals surface area contributed by atoms with Crippen molar-refractivity contribution in [2.75, 3.05) is 0 Å². The van der Waals surface area contributed by atoms with Gasteiger partial charge in [0.1, 0.15) is 5.71 Å². The summed E-state index contributed by atoms with van der Waals surface area (Å²) >= 11 is 0. The van der Waals surface area contributed by atoms with Crippen LogP contribution in [0.25, 0.3) is 10.8 Å². The highest BCUT2D eigenvalue weighted by Gasteiger charge is 2.13. The van der Waals surface area contributed by atoms with Gasteiger partial charge in [0.25, 0.3) is 0 Å². The highest BCUT2D eigenvalue weighted by molar-refractivity contribution is 6.13. The van der Waals surface area contributed by atoms with Gasteiger partial charge in [0, 0.05) is 23.5 Å². The van der Waals surface area contributed by atoms with E-state index >= 15 is 0 Å². The number of benzene rings is 3. The number of rotatable bonds is 4. The molecule has 0 aliphatic heterocycles. The first-order valence-corrected chi connectivity index (χ1v) is 8.54. The van der Waals surface area contributed by atoms with Crippen molar-refractivity contribution in [2.24, 2.45) is 5.16 Å². The van der Waals surface area contributed by atoms with E-state index in [2.05, 4.69) is 58.7 Å². The molecule has 3 nitrogen and oxygen atoms in total. The summed E-state index contributed by atoms with van der Waals surface area (Å²) in [5, 5.41) is 15.7. The van der Waals surface area contributed by atoms with Crippen molar-refractivity contribution in [3.8, 4) is 0 Å². The molecular weight excluding hydrogens is 320 g/mol. The first kappa shape index (κ1) is 16.0. The van der Waals surface area contributed by atoms with Crippen LogP contribution in [0.15, 0.2) is 96.4 Å². The molecule has 126 valence electrons. The van der Waals surface area contributed by atoms with E-state index < -0.39 is 0 Å².